The second-order valence-electron chi connectivity index (χ2n) is 4.15. The average molecular weight is 510 g/mol. The summed E-state index contributed by atoms with van der Waals surface area (Å²) in [4.78, 5) is 11.8. The number of rotatable bonds is 4. The number of carbonyl (C=O) groups is 1. The smallest absolute Gasteiger partial charge is 0.291 e. The van der Waals surface area contributed by atoms with E-state index in [4.69, 9.17) is 4.74 Å². The van der Waals surface area contributed by atoms with Gasteiger partial charge in [-0.15, -0.1) is 0 Å². The van der Waals surface area contributed by atoms with E-state index in [2.05, 4.69) is 65.9 Å². The zero-order valence-electron chi connectivity index (χ0n) is 11.3. The Morgan fingerprint density at radius 3 is 2.81 bits per heavy atom. The Hall–Kier alpha value is -1.17. The highest BCUT2D eigenvalue weighted by atomic mass is 127. The lowest BCUT2D eigenvalue weighted by Crippen LogP contribution is -2.18. The molecule has 0 aliphatic heterocycles. The topological polar surface area (TPSA) is 79.4 Å². The van der Waals surface area contributed by atoms with Crippen LogP contribution in [0.5, 0.6) is 5.75 Å². The molecule has 1 amide bonds. The molecule has 1 heterocycles. The molecule has 0 saturated carbocycles. The van der Waals surface area contributed by atoms with E-state index in [9.17, 15) is 4.79 Å². The summed E-state index contributed by atoms with van der Waals surface area (Å²) in [7, 11) is 1.60. The first-order valence-corrected chi connectivity index (χ1v) is 8.05. The standard InChI is InChI=1S/C13H12I2N4O2/c1-7-3-11(18-17-7)13(20)19-16-6-8-4-9(14)5-10(15)12(8)21-2/h3-6H,1-2H3,(H,17,18)(H,19,20). The van der Waals surface area contributed by atoms with Gasteiger partial charge >= 0.3 is 0 Å². The van der Waals surface area contributed by atoms with Crippen LogP contribution in [-0.4, -0.2) is 29.4 Å². The van der Waals surface area contributed by atoms with E-state index in [1.54, 1.807) is 19.4 Å². The first-order chi connectivity index (χ1) is 10.0. The van der Waals surface area contributed by atoms with Gasteiger partial charge in [-0.3, -0.25) is 9.89 Å². The number of nitrogens with zero attached hydrogens (tertiary/aromatic N) is 2. The van der Waals surface area contributed by atoms with Crippen molar-refractivity contribution < 1.29 is 9.53 Å². The molecule has 1 aromatic carbocycles. The Balaban J connectivity index is 2.13. The van der Waals surface area contributed by atoms with E-state index in [1.807, 2.05) is 19.1 Å². The maximum atomic E-state index is 11.8. The number of H-pyrrole nitrogens is 1. The first-order valence-electron chi connectivity index (χ1n) is 5.89. The maximum Gasteiger partial charge on any atom is 0.291 e. The fourth-order valence-corrected chi connectivity index (χ4v) is 3.75. The third-order valence-electron chi connectivity index (χ3n) is 2.55. The SMILES string of the molecule is COc1c(I)cc(I)cc1C=NNC(=O)c1cc(C)[nH]n1. The van der Waals surface area contributed by atoms with E-state index < -0.39 is 0 Å². The van der Waals surface area contributed by atoms with Gasteiger partial charge in [0.2, 0.25) is 0 Å². The molecule has 2 N–H and O–H groups in total. The van der Waals surface area contributed by atoms with Gasteiger partial charge in [0.05, 0.1) is 16.9 Å². The van der Waals surface area contributed by atoms with E-state index >= 15 is 0 Å². The summed E-state index contributed by atoms with van der Waals surface area (Å²) in [6.07, 6.45) is 1.56. The fourth-order valence-electron chi connectivity index (χ4n) is 1.64. The number of methoxy groups -OCH3 is 1. The molecule has 0 atom stereocenters. The summed E-state index contributed by atoms with van der Waals surface area (Å²) in [6.45, 7) is 1.83. The average Bonchev–Trinajstić information content (AvgIpc) is 2.85. The molecule has 8 heteroatoms. The Kier molecular flexibility index (Phi) is 5.56. The minimum Gasteiger partial charge on any atom is -0.495 e. The molecule has 21 heavy (non-hydrogen) atoms. The predicted molar refractivity (Wildman–Crippen MR) is 96.8 cm³/mol. The first kappa shape index (κ1) is 16.2. The molecular formula is C13H12I2N4O2. The lowest BCUT2D eigenvalue weighted by molar-refractivity contribution is 0.0950. The van der Waals surface area contributed by atoms with Crippen molar-refractivity contribution in [3.05, 3.63) is 42.3 Å². The van der Waals surface area contributed by atoms with Crippen molar-refractivity contribution in [2.75, 3.05) is 7.11 Å². The number of hydrogen-bond acceptors (Lipinski definition) is 4. The van der Waals surface area contributed by atoms with Gasteiger partial charge in [0.15, 0.2) is 5.69 Å². The van der Waals surface area contributed by atoms with Crippen LogP contribution in [0, 0.1) is 14.1 Å². The van der Waals surface area contributed by atoms with Crippen LogP contribution in [0.15, 0.2) is 23.3 Å². The number of aryl methyl sites for hydroxylation is 1. The molecule has 110 valence electrons. The van der Waals surface area contributed by atoms with Gasteiger partial charge in [0.25, 0.3) is 5.91 Å². The molecule has 0 bridgehead atoms. The predicted octanol–water partition coefficient (Wildman–Crippen LogP) is 2.70. The highest BCUT2D eigenvalue weighted by Gasteiger charge is 2.09. The number of carbonyl (C=O) groups excluding carboxylic acids is 1. The van der Waals surface area contributed by atoms with Gasteiger partial charge in [-0.1, -0.05) is 0 Å². The van der Waals surface area contributed by atoms with E-state index in [1.165, 1.54) is 0 Å². The molecule has 0 aliphatic rings. The van der Waals surface area contributed by atoms with Crippen molar-refractivity contribution in [3.8, 4) is 5.75 Å². The van der Waals surface area contributed by atoms with Gasteiger partial charge in [-0.25, -0.2) is 5.43 Å². The van der Waals surface area contributed by atoms with Crippen LogP contribution in [0.3, 0.4) is 0 Å². The second-order valence-corrected chi connectivity index (χ2v) is 6.55. The molecule has 0 fully saturated rings. The van der Waals surface area contributed by atoms with Crippen molar-refractivity contribution in [2.24, 2.45) is 5.10 Å². The van der Waals surface area contributed by atoms with E-state index in [0.717, 1.165) is 24.1 Å². The highest BCUT2D eigenvalue weighted by Crippen LogP contribution is 2.26. The zero-order chi connectivity index (χ0) is 15.4. The lowest BCUT2D eigenvalue weighted by Gasteiger charge is -2.07. The van der Waals surface area contributed by atoms with Gasteiger partial charge in [0.1, 0.15) is 5.75 Å². The summed E-state index contributed by atoms with van der Waals surface area (Å²) in [5.74, 6) is 0.361. The van der Waals surface area contributed by atoms with Crippen molar-refractivity contribution in [1.29, 1.82) is 0 Å². The second kappa shape index (κ2) is 7.20. The molecule has 0 radical (unpaired) electrons. The van der Waals surface area contributed by atoms with Gasteiger partial charge in [0, 0.05) is 14.8 Å². The van der Waals surface area contributed by atoms with Crippen molar-refractivity contribution >= 4 is 57.3 Å². The molecule has 0 spiro atoms. The lowest BCUT2D eigenvalue weighted by atomic mass is 10.2. The fraction of sp³-hybridized carbons (Fsp3) is 0.154. The molecule has 0 aliphatic carbocycles. The highest BCUT2D eigenvalue weighted by molar-refractivity contribution is 14.1. The maximum absolute atomic E-state index is 11.8. The summed E-state index contributed by atoms with van der Waals surface area (Å²) in [6, 6.07) is 5.58. The molecular weight excluding hydrogens is 498 g/mol. The van der Waals surface area contributed by atoms with Crippen LogP contribution in [0.2, 0.25) is 0 Å². The van der Waals surface area contributed by atoms with Crippen LogP contribution in [0.25, 0.3) is 0 Å². The summed E-state index contributed by atoms with van der Waals surface area (Å²) in [5.41, 5.74) is 4.35. The Labute approximate surface area is 149 Å². The number of hydrazone groups is 1. The van der Waals surface area contributed by atoms with Crippen LogP contribution in [0.1, 0.15) is 21.7 Å². The van der Waals surface area contributed by atoms with Crippen molar-refractivity contribution in [2.45, 2.75) is 6.92 Å². The molecule has 6 nitrogen and oxygen atoms in total. The van der Waals surface area contributed by atoms with Crippen LogP contribution in [0.4, 0.5) is 0 Å². The van der Waals surface area contributed by atoms with Crippen molar-refractivity contribution in [3.63, 3.8) is 0 Å². The third kappa shape index (κ3) is 4.15. The molecule has 1 aromatic heterocycles. The van der Waals surface area contributed by atoms with E-state index in [-0.39, 0.29) is 5.91 Å². The number of benzene rings is 1. The summed E-state index contributed by atoms with van der Waals surface area (Å²) >= 11 is 4.41. The Morgan fingerprint density at radius 1 is 1.43 bits per heavy atom. The summed E-state index contributed by atoms with van der Waals surface area (Å²) in [5, 5.41) is 10.5. The Bertz CT molecular complexity index is 697. The molecule has 0 saturated heterocycles. The number of nitrogens with one attached hydrogen (secondary N) is 2. The molecule has 2 aromatic rings. The number of hydrogen-bond donors (Lipinski definition) is 2. The molecule has 2 rings (SSSR count). The minimum absolute atomic E-state index is 0.300. The minimum atomic E-state index is -0.366. The van der Waals surface area contributed by atoms with Crippen molar-refractivity contribution in [1.82, 2.24) is 15.6 Å². The third-order valence-corrected chi connectivity index (χ3v) is 3.97. The zero-order valence-corrected chi connectivity index (χ0v) is 15.6. The number of aromatic amines is 1. The van der Waals surface area contributed by atoms with Gasteiger partial charge < -0.3 is 4.74 Å². The number of ether oxygens (including phenoxy) is 1. The summed E-state index contributed by atoms with van der Waals surface area (Å²) < 4.78 is 7.39. The van der Waals surface area contributed by atoms with Gasteiger partial charge in [-0.2, -0.15) is 10.2 Å². The number of aromatic nitrogens is 2. The largest absolute Gasteiger partial charge is 0.495 e. The van der Waals surface area contributed by atoms with E-state index in [0.29, 0.717) is 5.69 Å². The Morgan fingerprint density at radius 2 is 2.19 bits per heavy atom. The van der Waals surface area contributed by atoms with Gasteiger partial charge in [-0.05, 0) is 70.3 Å². The quantitative estimate of drug-likeness (QED) is 0.378. The van der Waals surface area contributed by atoms with Crippen LogP contribution < -0.4 is 10.2 Å². The van der Waals surface area contributed by atoms with Crippen LogP contribution in [-0.2, 0) is 0 Å². The molecule has 0 unspecified atom stereocenters. The van der Waals surface area contributed by atoms with Crippen LogP contribution >= 0.6 is 45.2 Å². The monoisotopic (exact) mass is 510 g/mol. The normalized spacial score (nSPS) is 10.9. The number of halogens is 2. The number of amides is 1.